The number of furan rings is 1. The summed E-state index contributed by atoms with van der Waals surface area (Å²) in [6, 6.07) is 12.5. The summed E-state index contributed by atoms with van der Waals surface area (Å²) in [5.41, 5.74) is 11.2. The summed E-state index contributed by atoms with van der Waals surface area (Å²) in [6.45, 7) is 3.65. The molecule has 0 spiro atoms. The number of carbonyl (C=O) groups excluding carboxylic acids is 1. The topological polar surface area (TPSA) is 109 Å². The van der Waals surface area contributed by atoms with Gasteiger partial charge in [0.25, 0.3) is 5.91 Å². The van der Waals surface area contributed by atoms with Crippen molar-refractivity contribution in [2.45, 2.75) is 13.8 Å². The summed E-state index contributed by atoms with van der Waals surface area (Å²) in [4.78, 5) is 12.1. The third-order valence-corrected chi connectivity index (χ3v) is 3.47. The SMILES string of the molecule is CC(=NNC(=O)c1cc(-c2ccc(C)o2)[nH]n1)c1ccc(N)cc1. The second-order valence-corrected chi connectivity index (χ2v) is 5.34. The van der Waals surface area contributed by atoms with Crippen molar-refractivity contribution in [3.63, 3.8) is 0 Å². The lowest BCUT2D eigenvalue weighted by molar-refractivity contribution is 0.0950. The molecule has 2 heterocycles. The van der Waals surface area contributed by atoms with Gasteiger partial charge < -0.3 is 10.2 Å². The van der Waals surface area contributed by atoms with Gasteiger partial charge >= 0.3 is 0 Å². The molecule has 0 bridgehead atoms. The van der Waals surface area contributed by atoms with Gasteiger partial charge in [0.05, 0.1) is 5.71 Å². The van der Waals surface area contributed by atoms with Gasteiger partial charge in [-0.2, -0.15) is 10.2 Å². The molecule has 0 aliphatic heterocycles. The number of H-pyrrole nitrogens is 1. The molecule has 7 nitrogen and oxygen atoms in total. The van der Waals surface area contributed by atoms with E-state index < -0.39 is 5.91 Å². The van der Waals surface area contributed by atoms with Crippen molar-refractivity contribution >= 4 is 17.3 Å². The van der Waals surface area contributed by atoms with Crippen molar-refractivity contribution in [3.8, 4) is 11.5 Å². The van der Waals surface area contributed by atoms with Gasteiger partial charge in [-0.1, -0.05) is 12.1 Å². The van der Waals surface area contributed by atoms with E-state index in [-0.39, 0.29) is 5.69 Å². The third-order valence-electron chi connectivity index (χ3n) is 3.47. The number of hydrazone groups is 1. The fourth-order valence-corrected chi connectivity index (χ4v) is 2.12. The van der Waals surface area contributed by atoms with Crippen LogP contribution in [0.2, 0.25) is 0 Å². The first-order valence-corrected chi connectivity index (χ1v) is 7.35. The molecule has 0 radical (unpaired) electrons. The Balaban J connectivity index is 1.70. The maximum atomic E-state index is 12.1. The van der Waals surface area contributed by atoms with E-state index in [0.29, 0.717) is 22.9 Å². The lowest BCUT2D eigenvalue weighted by Gasteiger charge is -2.02. The number of carbonyl (C=O) groups is 1. The maximum Gasteiger partial charge on any atom is 0.291 e. The highest BCUT2D eigenvalue weighted by atomic mass is 16.3. The Hall–Kier alpha value is -3.35. The van der Waals surface area contributed by atoms with Crippen LogP contribution in [0.15, 0.2) is 52.0 Å². The Bertz CT molecular complexity index is 890. The van der Waals surface area contributed by atoms with Crippen molar-refractivity contribution in [3.05, 3.63) is 59.5 Å². The number of rotatable bonds is 4. The van der Waals surface area contributed by atoms with Crippen molar-refractivity contribution in [1.82, 2.24) is 15.6 Å². The van der Waals surface area contributed by atoms with Crippen molar-refractivity contribution in [2.24, 2.45) is 5.10 Å². The fraction of sp³-hybridized carbons (Fsp3) is 0.118. The van der Waals surface area contributed by atoms with Crippen LogP contribution in [-0.2, 0) is 0 Å². The van der Waals surface area contributed by atoms with Gasteiger partial charge in [-0.15, -0.1) is 0 Å². The molecule has 0 aliphatic carbocycles. The molecule has 7 heteroatoms. The van der Waals surface area contributed by atoms with E-state index in [1.54, 1.807) is 25.1 Å². The summed E-state index contributed by atoms with van der Waals surface area (Å²) in [5, 5.41) is 10.8. The predicted molar refractivity (Wildman–Crippen MR) is 91.6 cm³/mol. The zero-order valence-corrected chi connectivity index (χ0v) is 13.3. The van der Waals surface area contributed by atoms with Gasteiger partial charge in [0.1, 0.15) is 11.5 Å². The number of amides is 1. The molecule has 1 amide bonds. The highest BCUT2D eigenvalue weighted by Crippen LogP contribution is 2.20. The number of benzene rings is 1. The number of hydrogen-bond donors (Lipinski definition) is 3. The average Bonchev–Trinajstić information content (AvgIpc) is 3.22. The van der Waals surface area contributed by atoms with Crippen LogP contribution >= 0.6 is 0 Å². The number of aromatic nitrogens is 2. The molecule has 24 heavy (non-hydrogen) atoms. The molecule has 0 saturated heterocycles. The normalized spacial score (nSPS) is 11.5. The summed E-state index contributed by atoms with van der Waals surface area (Å²) in [5.74, 6) is 1.01. The standard InChI is InChI=1S/C17H17N5O2/c1-10-3-8-16(24-10)14-9-15(21-20-14)17(23)22-19-11(2)12-4-6-13(18)7-5-12/h3-9H,18H2,1-2H3,(H,20,21)(H,22,23). The highest BCUT2D eigenvalue weighted by molar-refractivity contribution is 6.00. The van der Waals surface area contributed by atoms with Gasteiger partial charge in [-0.25, -0.2) is 5.43 Å². The highest BCUT2D eigenvalue weighted by Gasteiger charge is 2.13. The zero-order chi connectivity index (χ0) is 17.1. The van der Waals surface area contributed by atoms with E-state index in [4.69, 9.17) is 10.2 Å². The number of nitrogens with two attached hydrogens (primary N) is 1. The molecule has 4 N–H and O–H groups in total. The first-order chi connectivity index (χ1) is 11.5. The smallest absolute Gasteiger partial charge is 0.291 e. The van der Waals surface area contributed by atoms with E-state index in [1.165, 1.54) is 0 Å². The average molecular weight is 323 g/mol. The van der Waals surface area contributed by atoms with Crippen LogP contribution in [0.1, 0.15) is 28.7 Å². The van der Waals surface area contributed by atoms with Crippen LogP contribution in [0.3, 0.4) is 0 Å². The van der Waals surface area contributed by atoms with Crippen LogP contribution in [0, 0.1) is 6.92 Å². The molecule has 0 atom stereocenters. The third kappa shape index (κ3) is 3.35. The molecule has 2 aromatic heterocycles. The van der Waals surface area contributed by atoms with Crippen LogP contribution in [-0.4, -0.2) is 21.8 Å². The van der Waals surface area contributed by atoms with E-state index in [2.05, 4.69) is 20.7 Å². The summed E-state index contributed by atoms with van der Waals surface area (Å²) in [6.07, 6.45) is 0. The Morgan fingerprint density at radius 1 is 1.25 bits per heavy atom. The largest absolute Gasteiger partial charge is 0.460 e. The lowest BCUT2D eigenvalue weighted by Crippen LogP contribution is -2.19. The number of nitrogen functional groups attached to an aromatic ring is 1. The lowest BCUT2D eigenvalue weighted by atomic mass is 10.1. The summed E-state index contributed by atoms with van der Waals surface area (Å²) in [7, 11) is 0. The second-order valence-electron chi connectivity index (χ2n) is 5.34. The minimum absolute atomic E-state index is 0.230. The van der Waals surface area contributed by atoms with Crippen LogP contribution in [0.5, 0.6) is 0 Å². The Morgan fingerprint density at radius 3 is 2.67 bits per heavy atom. The van der Waals surface area contributed by atoms with Gasteiger partial charge in [0.15, 0.2) is 11.5 Å². The van der Waals surface area contributed by atoms with Crippen molar-refractivity contribution in [2.75, 3.05) is 5.73 Å². The molecule has 3 rings (SSSR count). The first kappa shape index (κ1) is 15.5. The van der Waals surface area contributed by atoms with Gasteiger partial charge in [-0.3, -0.25) is 9.89 Å². The summed E-state index contributed by atoms with van der Waals surface area (Å²) < 4.78 is 5.49. The maximum absolute atomic E-state index is 12.1. The molecule has 1 aromatic carbocycles. The van der Waals surface area contributed by atoms with Gasteiger partial charge in [0.2, 0.25) is 0 Å². The number of nitrogens with one attached hydrogen (secondary N) is 2. The van der Waals surface area contributed by atoms with E-state index in [9.17, 15) is 4.79 Å². The number of aromatic amines is 1. The molecule has 0 unspecified atom stereocenters. The number of anilines is 1. The molecule has 0 saturated carbocycles. The van der Waals surface area contributed by atoms with Gasteiger partial charge in [-0.05, 0) is 43.7 Å². The zero-order valence-electron chi connectivity index (χ0n) is 13.3. The number of aryl methyl sites for hydroxylation is 1. The molecular formula is C17H17N5O2. The van der Waals surface area contributed by atoms with Crippen molar-refractivity contribution < 1.29 is 9.21 Å². The molecule has 0 aliphatic rings. The first-order valence-electron chi connectivity index (χ1n) is 7.35. The Morgan fingerprint density at radius 2 is 2.00 bits per heavy atom. The fourth-order valence-electron chi connectivity index (χ4n) is 2.12. The van der Waals surface area contributed by atoms with E-state index in [1.807, 2.05) is 31.2 Å². The minimum Gasteiger partial charge on any atom is -0.460 e. The second kappa shape index (κ2) is 6.41. The number of nitrogens with zero attached hydrogens (tertiary/aromatic N) is 2. The van der Waals surface area contributed by atoms with Crippen LogP contribution < -0.4 is 11.2 Å². The van der Waals surface area contributed by atoms with E-state index in [0.717, 1.165) is 11.3 Å². The summed E-state index contributed by atoms with van der Waals surface area (Å²) >= 11 is 0. The predicted octanol–water partition coefficient (Wildman–Crippen LogP) is 2.71. The van der Waals surface area contributed by atoms with Crippen LogP contribution in [0.4, 0.5) is 5.69 Å². The van der Waals surface area contributed by atoms with E-state index >= 15 is 0 Å². The quantitative estimate of drug-likeness (QED) is 0.389. The van der Waals surface area contributed by atoms with Gasteiger partial charge in [0, 0.05) is 11.8 Å². The molecule has 122 valence electrons. The molecular weight excluding hydrogens is 306 g/mol. The minimum atomic E-state index is -0.407. The molecule has 3 aromatic rings. The monoisotopic (exact) mass is 323 g/mol. The van der Waals surface area contributed by atoms with Crippen molar-refractivity contribution in [1.29, 1.82) is 0 Å². The Labute approximate surface area is 138 Å². The Kier molecular flexibility index (Phi) is 4.15. The van der Waals surface area contributed by atoms with Crippen LogP contribution in [0.25, 0.3) is 11.5 Å². The molecule has 0 fully saturated rings. The number of hydrogen-bond acceptors (Lipinski definition) is 5.